The van der Waals surface area contributed by atoms with Gasteiger partial charge in [0.15, 0.2) is 0 Å². The molecule has 1 aromatic rings. The number of halogens is 4. The maximum atomic E-state index is 12.6. The molecular formula is C17H25ClF3N5O3. The molecule has 3 N–H and O–H groups in total. The van der Waals surface area contributed by atoms with E-state index in [0.717, 1.165) is 12.4 Å². The van der Waals surface area contributed by atoms with Crippen molar-refractivity contribution in [2.45, 2.75) is 50.2 Å². The predicted molar refractivity (Wildman–Crippen MR) is 101 cm³/mol. The number of aliphatic hydroxyl groups excluding tert-OH is 1. The van der Waals surface area contributed by atoms with Crippen molar-refractivity contribution in [2.24, 2.45) is 5.73 Å². The van der Waals surface area contributed by atoms with E-state index in [1.807, 2.05) is 0 Å². The number of hydrogen-bond acceptors (Lipinski definition) is 7. The molecule has 0 saturated carbocycles. The van der Waals surface area contributed by atoms with E-state index in [1.165, 1.54) is 0 Å². The Morgan fingerprint density at radius 3 is 2.52 bits per heavy atom. The fraction of sp³-hybridized carbons (Fsp3) is 0.706. The molecule has 1 amide bonds. The van der Waals surface area contributed by atoms with Crippen LogP contribution in [0, 0.1) is 0 Å². The number of aromatic nitrogens is 2. The lowest BCUT2D eigenvalue weighted by molar-refractivity contribution is -0.141. The van der Waals surface area contributed by atoms with Crippen molar-refractivity contribution in [2.75, 3.05) is 31.1 Å². The van der Waals surface area contributed by atoms with Gasteiger partial charge in [0.2, 0.25) is 5.95 Å². The number of nitrogens with two attached hydrogens (primary N) is 1. The number of likely N-dealkylation sites (tertiary alicyclic amines) is 1. The summed E-state index contributed by atoms with van der Waals surface area (Å²) in [5.41, 5.74) is 4.73. The number of piperidine rings is 1. The highest BCUT2D eigenvalue weighted by Gasteiger charge is 2.41. The second-order valence-corrected chi connectivity index (χ2v) is 7.26. The lowest BCUT2D eigenvalue weighted by Crippen LogP contribution is -2.55. The van der Waals surface area contributed by atoms with Crippen molar-refractivity contribution in [3.63, 3.8) is 0 Å². The largest absolute Gasteiger partial charge is 0.419 e. The summed E-state index contributed by atoms with van der Waals surface area (Å²) < 4.78 is 43.4. The molecule has 0 radical (unpaired) electrons. The third-order valence-electron chi connectivity index (χ3n) is 4.95. The normalized spacial score (nSPS) is 26.4. The molecule has 29 heavy (non-hydrogen) atoms. The highest BCUT2D eigenvalue weighted by atomic mass is 35.5. The number of amides is 1. The van der Waals surface area contributed by atoms with E-state index in [-0.39, 0.29) is 49.5 Å². The van der Waals surface area contributed by atoms with E-state index in [1.54, 1.807) is 16.7 Å². The number of carbonyl (C=O) groups is 1. The van der Waals surface area contributed by atoms with E-state index < -0.39 is 23.9 Å². The van der Waals surface area contributed by atoms with Crippen LogP contribution in [-0.2, 0) is 15.7 Å². The number of aliphatic hydroxyl groups is 1. The van der Waals surface area contributed by atoms with Crippen LogP contribution < -0.4 is 10.6 Å². The third kappa shape index (κ3) is 5.47. The van der Waals surface area contributed by atoms with Crippen LogP contribution in [0.3, 0.4) is 0 Å². The van der Waals surface area contributed by atoms with Gasteiger partial charge < -0.3 is 25.4 Å². The highest BCUT2D eigenvalue weighted by Crippen LogP contribution is 2.29. The number of anilines is 1. The summed E-state index contributed by atoms with van der Waals surface area (Å²) in [6.45, 7) is 3.12. The fourth-order valence-corrected chi connectivity index (χ4v) is 3.52. The summed E-state index contributed by atoms with van der Waals surface area (Å²) in [5.74, 6) is -0.0414. The van der Waals surface area contributed by atoms with Crippen molar-refractivity contribution < 1.29 is 27.8 Å². The highest BCUT2D eigenvalue weighted by molar-refractivity contribution is 5.85. The van der Waals surface area contributed by atoms with Gasteiger partial charge in [0, 0.05) is 44.5 Å². The van der Waals surface area contributed by atoms with Gasteiger partial charge in [-0.05, 0) is 13.3 Å². The Morgan fingerprint density at radius 2 is 1.97 bits per heavy atom. The fourth-order valence-electron chi connectivity index (χ4n) is 3.52. The zero-order valence-electron chi connectivity index (χ0n) is 15.9. The summed E-state index contributed by atoms with van der Waals surface area (Å²) in [7, 11) is 0. The molecule has 3 heterocycles. The average molecular weight is 440 g/mol. The smallest absolute Gasteiger partial charge is 0.389 e. The number of β-amino-alcohol motifs (C(OH)–C–C–N with tert-alkyl or cyclic N) is 1. The maximum Gasteiger partial charge on any atom is 0.419 e. The zero-order chi connectivity index (χ0) is 20.5. The molecule has 164 valence electrons. The Kier molecular flexibility index (Phi) is 7.66. The molecule has 2 aliphatic rings. The second-order valence-electron chi connectivity index (χ2n) is 7.26. The Bertz CT molecular complexity index is 692. The van der Waals surface area contributed by atoms with E-state index in [2.05, 4.69) is 9.97 Å². The molecule has 12 heteroatoms. The maximum absolute atomic E-state index is 12.6. The Balaban J connectivity index is 0.00000300. The average Bonchev–Trinajstić information content (AvgIpc) is 3.00. The van der Waals surface area contributed by atoms with Crippen LogP contribution in [0.2, 0.25) is 0 Å². The molecule has 3 rings (SSSR count). The number of hydrogen-bond donors (Lipinski definition) is 2. The van der Waals surface area contributed by atoms with Crippen LogP contribution >= 0.6 is 12.4 Å². The molecule has 2 aliphatic heterocycles. The van der Waals surface area contributed by atoms with Gasteiger partial charge in [-0.15, -0.1) is 12.4 Å². The Labute approximate surface area is 172 Å². The summed E-state index contributed by atoms with van der Waals surface area (Å²) in [6.07, 6.45) is -3.46. The summed E-state index contributed by atoms with van der Waals surface area (Å²) in [6, 6.07) is -0.540. The predicted octanol–water partition coefficient (Wildman–Crippen LogP) is 0.821. The number of alkyl halides is 3. The van der Waals surface area contributed by atoms with Crippen LogP contribution in [0.1, 0.15) is 25.3 Å². The SMILES string of the molecule is CC(N)COC1CCN([C@@H]2CCN(c3ncc(C(F)(F)F)cn3)C[C@H]2O)C1=O.Cl. The topological polar surface area (TPSA) is 105 Å². The van der Waals surface area contributed by atoms with Gasteiger partial charge in [-0.1, -0.05) is 0 Å². The molecule has 0 bridgehead atoms. The number of carbonyl (C=O) groups excluding carboxylic acids is 1. The van der Waals surface area contributed by atoms with E-state index in [0.29, 0.717) is 25.9 Å². The van der Waals surface area contributed by atoms with Crippen LogP contribution in [0.25, 0.3) is 0 Å². The van der Waals surface area contributed by atoms with E-state index >= 15 is 0 Å². The second kappa shape index (κ2) is 9.41. The molecule has 2 unspecified atom stereocenters. The van der Waals surface area contributed by atoms with Gasteiger partial charge in [-0.2, -0.15) is 13.2 Å². The van der Waals surface area contributed by atoms with Crippen LogP contribution in [0.15, 0.2) is 12.4 Å². The Morgan fingerprint density at radius 1 is 1.31 bits per heavy atom. The van der Waals surface area contributed by atoms with Gasteiger partial charge in [0.1, 0.15) is 6.10 Å². The molecule has 8 nitrogen and oxygen atoms in total. The monoisotopic (exact) mass is 439 g/mol. The summed E-state index contributed by atoms with van der Waals surface area (Å²) >= 11 is 0. The minimum absolute atomic E-state index is 0. The molecule has 4 atom stereocenters. The van der Waals surface area contributed by atoms with Gasteiger partial charge in [0.05, 0.1) is 24.3 Å². The number of nitrogens with zero attached hydrogens (tertiary/aromatic N) is 4. The van der Waals surface area contributed by atoms with Crippen LogP contribution in [0.5, 0.6) is 0 Å². The summed E-state index contributed by atoms with van der Waals surface area (Å²) in [5, 5.41) is 10.5. The minimum atomic E-state index is -4.50. The van der Waals surface area contributed by atoms with Gasteiger partial charge in [-0.3, -0.25) is 4.79 Å². The quantitative estimate of drug-likeness (QED) is 0.699. The molecule has 0 spiro atoms. The molecule has 0 aromatic carbocycles. The van der Waals surface area contributed by atoms with Crippen molar-refractivity contribution in [1.82, 2.24) is 14.9 Å². The van der Waals surface area contributed by atoms with Gasteiger partial charge in [0.25, 0.3) is 5.91 Å². The van der Waals surface area contributed by atoms with Crippen molar-refractivity contribution in [1.29, 1.82) is 0 Å². The Hall–Kier alpha value is -1.69. The standard InChI is InChI=1S/C17H24F3N5O3.ClH/c1-10(21)9-28-14-3-5-25(15(14)27)12-2-4-24(8-13(12)26)16-22-6-11(7-23-16)17(18,19)20;/h6-7,10,12-14,26H,2-5,8-9,21H2,1H3;1H/t10?,12-,13-,14?;/m1./s1. The van der Waals surface area contributed by atoms with Crippen molar-refractivity contribution >= 4 is 24.3 Å². The first-order chi connectivity index (χ1) is 13.2. The molecular weight excluding hydrogens is 415 g/mol. The van der Waals surface area contributed by atoms with E-state index in [9.17, 15) is 23.1 Å². The van der Waals surface area contributed by atoms with Crippen molar-refractivity contribution in [3.05, 3.63) is 18.0 Å². The van der Waals surface area contributed by atoms with Crippen LogP contribution in [0.4, 0.5) is 19.1 Å². The van der Waals surface area contributed by atoms with Gasteiger partial charge in [-0.25, -0.2) is 9.97 Å². The first kappa shape index (κ1) is 23.6. The molecule has 2 fully saturated rings. The van der Waals surface area contributed by atoms with E-state index in [4.69, 9.17) is 10.5 Å². The first-order valence-corrected chi connectivity index (χ1v) is 9.16. The first-order valence-electron chi connectivity index (χ1n) is 9.16. The molecule has 2 saturated heterocycles. The van der Waals surface area contributed by atoms with Crippen molar-refractivity contribution in [3.8, 4) is 0 Å². The van der Waals surface area contributed by atoms with Gasteiger partial charge >= 0.3 is 6.18 Å². The minimum Gasteiger partial charge on any atom is -0.389 e. The summed E-state index contributed by atoms with van der Waals surface area (Å²) in [4.78, 5) is 23.3. The number of rotatable bonds is 5. The third-order valence-corrected chi connectivity index (χ3v) is 4.95. The molecule has 0 aliphatic carbocycles. The zero-order valence-corrected chi connectivity index (χ0v) is 16.7. The lowest BCUT2D eigenvalue weighted by Gasteiger charge is -2.40. The van der Waals surface area contributed by atoms with Crippen LogP contribution in [-0.4, -0.2) is 76.4 Å². The number of ether oxygens (including phenoxy) is 1. The lowest BCUT2D eigenvalue weighted by atomic mass is 10.0. The molecule has 1 aromatic heterocycles.